The Morgan fingerprint density at radius 1 is 1.06 bits per heavy atom. The van der Waals surface area contributed by atoms with E-state index in [-0.39, 0.29) is 11.3 Å². The first-order chi connectivity index (χ1) is 7.66. The van der Waals surface area contributed by atoms with Crippen molar-refractivity contribution in [3.05, 3.63) is 37.9 Å². The highest BCUT2D eigenvalue weighted by Crippen LogP contribution is 2.42. The molecule has 0 aromatic heterocycles. The van der Waals surface area contributed by atoms with Crippen LogP contribution < -0.4 is 0 Å². The Kier molecular flexibility index (Phi) is 3.03. The van der Waals surface area contributed by atoms with Gasteiger partial charge in [0.05, 0.1) is 15.4 Å². The molecule has 0 spiro atoms. The normalized spacial score (nSPS) is 11.2. The molecule has 0 radical (unpaired) electrons. The van der Waals surface area contributed by atoms with Gasteiger partial charge >= 0.3 is 5.69 Å². The van der Waals surface area contributed by atoms with Gasteiger partial charge in [0.1, 0.15) is 0 Å². The number of nitro groups is 2. The molecule has 0 unspecified atom stereocenters. The second kappa shape index (κ2) is 4.00. The van der Waals surface area contributed by atoms with E-state index in [1.807, 2.05) is 0 Å². The van der Waals surface area contributed by atoms with E-state index in [0.29, 0.717) is 0 Å². The predicted octanol–water partition coefficient (Wildman–Crippen LogP) is 2.51. The molecule has 0 heterocycles. The molecule has 92 valence electrons. The summed E-state index contributed by atoms with van der Waals surface area (Å²) in [5, 5.41) is 31.3. The van der Waals surface area contributed by atoms with Crippen molar-refractivity contribution in [3.63, 3.8) is 0 Å². The standard InChI is InChI=1S/C10H12N2O5/c1-10(2,3)8-6(11(14)15)4-5-7(9(8)13)12(16)17/h4-5,13H,1-3H3. The van der Waals surface area contributed by atoms with Crippen LogP contribution in [0.2, 0.25) is 0 Å². The highest BCUT2D eigenvalue weighted by Gasteiger charge is 2.33. The lowest BCUT2D eigenvalue weighted by Gasteiger charge is -2.19. The van der Waals surface area contributed by atoms with E-state index < -0.39 is 26.7 Å². The quantitative estimate of drug-likeness (QED) is 0.631. The fraction of sp³-hybridized carbons (Fsp3) is 0.400. The summed E-state index contributed by atoms with van der Waals surface area (Å²) in [5.41, 5.74) is -1.64. The molecule has 0 aliphatic heterocycles. The van der Waals surface area contributed by atoms with Crippen LogP contribution in [0.4, 0.5) is 11.4 Å². The average Bonchev–Trinajstić information content (AvgIpc) is 2.14. The molecule has 1 rings (SSSR count). The molecule has 0 aliphatic carbocycles. The van der Waals surface area contributed by atoms with Gasteiger partial charge < -0.3 is 5.11 Å². The lowest BCUT2D eigenvalue weighted by molar-refractivity contribution is -0.390. The van der Waals surface area contributed by atoms with Gasteiger partial charge in [0.25, 0.3) is 5.69 Å². The zero-order chi connectivity index (χ0) is 13.4. The van der Waals surface area contributed by atoms with Crippen molar-refractivity contribution in [2.75, 3.05) is 0 Å². The lowest BCUT2D eigenvalue weighted by Crippen LogP contribution is -2.14. The van der Waals surface area contributed by atoms with Crippen LogP contribution >= 0.6 is 0 Å². The Morgan fingerprint density at radius 2 is 1.47 bits per heavy atom. The molecule has 0 bridgehead atoms. The summed E-state index contributed by atoms with van der Waals surface area (Å²) in [6, 6.07) is 1.97. The Labute approximate surface area is 97.0 Å². The first kappa shape index (κ1) is 12.9. The van der Waals surface area contributed by atoms with Crippen molar-refractivity contribution < 1.29 is 15.0 Å². The van der Waals surface area contributed by atoms with Gasteiger partial charge in [-0.05, 0) is 5.41 Å². The molecule has 1 aromatic carbocycles. The van der Waals surface area contributed by atoms with Crippen molar-refractivity contribution in [2.24, 2.45) is 0 Å². The molecule has 0 saturated heterocycles. The molecule has 0 atom stereocenters. The third-order valence-electron chi connectivity index (χ3n) is 2.28. The molecular weight excluding hydrogens is 228 g/mol. The largest absolute Gasteiger partial charge is 0.502 e. The fourth-order valence-corrected chi connectivity index (χ4v) is 1.61. The Bertz CT molecular complexity index is 490. The highest BCUT2D eigenvalue weighted by molar-refractivity contribution is 5.62. The minimum absolute atomic E-state index is 0.0308. The number of nitro benzene ring substituents is 2. The minimum atomic E-state index is -0.770. The number of phenolic OH excluding ortho intramolecular Hbond substituents is 1. The summed E-state index contributed by atoms with van der Waals surface area (Å²) in [6.45, 7) is 4.91. The number of benzene rings is 1. The van der Waals surface area contributed by atoms with Gasteiger partial charge in [-0.1, -0.05) is 20.8 Å². The van der Waals surface area contributed by atoms with Gasteiger partial charge in [-0.3, -0.25) is 20.2 Å². The summed E-state index contributed by atoms with van der Waals surface area (Å²) in [6.07, 6.45) is 0. The summed E-state index contributed by atoms with van der Waals surface area (Å²) in [4.78, 5) is 20.1. The number of hydrogen-bond acceptors (Lipinski definition) is 5. The van der Waals surface area contributed by atoms with Crippen LogP contribution in [0.3, 0.4) is 0 Å². The Balaban J connectivity index is 3.65. The second-order valence-electron chi connectivity index (χ2n) is 4.59. The Morgan fingerprint density at radius 3 is 1.82 bits per heavy atom. The van der Waals surface area contributed by atoms with E-state index in [4.69, 9.17) is 0 Å². The van der Waals surface area contributed by atoms with Gasteiger partial charge in [-0.15, -0.1) is 0 Å². The summed E-state index contributed by atoms with van der Waals surface area (Å²) >= 11 is 0. The Hall–Kier alpha value is -2.18. The van der Waals surface area contributed by atoms with E-state index in [1.54, 1.807) is 20.8 Å². The van der Waals surface area contributed by atoms with Crippen molar-refractivity contribution in [3.8, 4) is 5.75 Å². The van der Waals surface area contributed by atoms with Gasteiger partial charge in [0, 0.05) is 12.1 Å². The van der Waals surface area contributed by atoms with E-state index in [1.165, 1.54) is 0 Å². The summed E-state index contributed by atoms with van der Waals surface area (Å²) < 4.78 is 0. The van der Waals surface area contributed by atoms with Gasteiger partial charge in [0.2, 0.25) is 5.75 Å². The van der Waals surface area contributed by atoms with Crippen LogP contribution in [-0.4, -0.2) is 15.0 Å². The van der Waals surface area contributed by atoms with Crippen molar-refractivity contribution in [1.29, 1.82) is 0 Å². The SMILES string of the molecule is CC(C)(C)c1c([N+](=O)[O-])ccc([N+](=O)[O-])c1O. The van der Waals surface area contributed by atoms with E-state index in [2.05, 4.69) is 0 Å². The first-order valence-corrected chi connectivity index (χ1v) is 4.81. The molecule has 0 saturated carbocycles. The summed E-state index contributed by atoms with van der Waals surface area (Å²) in [7, 11) is 0. The molecule has 1 aromatic rings. The molecule has 0 amide bonds. The molecule has 7 nitrogen and oxygen atoms in total. The third kappa shape index (κ3) is 2.32. The molecule has 7 heteroatoms. The van der Waals surface area contributed by atoms with E-state index in [9.17, 15) is 25.3 Å². The predicted molar refractivity (Wildman–Crippen MR) is 60.1 cm³/mol. The number of rotatable bonds is 2. The first-order valence-electron chi connectivity index (χ1n) is 4.81. The van der Waals surface area contributed by atoms with Gasteiger partial charge in [0.15, 0.2) is 0 Å². The maximum atomic E-state index is 10.8. The topological polar surface area (TPSA) is 107 Å². The summed E-state index contributed by atoms with van der Waals surface area (Å²) in [5.74, 6) is -0.642. The zero-order valence-electron chi connectivity index (χ0n) is 9.63. The molecule has 1 N–H and O–H groups in total. The van der Waals surface area contributed by atoms with Gasteiger partial charge in [-0.25, -0.2) is 0 Å². The molecule has 17 heavy (non-hydrogen) atoms. The smallest absolute Gasteiger partial charge is 0.311 e. The van der Waals surface area contributed by atoms with Crippen LogP contribution in [0.1, 0.15) is 26.3 Å². The molecular formula is C10H12N2O5. The van der Waals surface area contributed by atoms with Crippen molar-refractivity contribution >= 4 is 11.4 Å². The maximum Gasteiger partial charge on any atom is 0.311 e. The highest BCUT2D eigenvalue weighted by atomic mass is 16.6. The number of nitrogens with zero attached hydrogens (tertiary/aromatic N) is 2. The zero-order valence-corrected chi connectivity index (χ0v) is 9.63. The molecule has 0 aliphatic rings. The van der Waals surface area contributed by atoms with Gasteiger partial charge in [-0.2, -0.15) is 0 Å². The van der Waals surface area contributed by atoms with Crippen molar-refractivity contribution in [1.82, 2.24) is 0 Å². The van der Waals surface area contributed by atoms with E-state index >= 15 is 0 Å². The maximum absolute atomic E-state index is 10.8. The van der Waals surface area contributed by atoms with Crippen LogP contribution in [-0.2, 0) is 5.41 Å². The van der Waals surface area contributed by atoms with Crippen LogP contribution in [0, 0.1) is 20.2 Å². The monoisotopic (exact) mass is 240 g/mol. The number of hydrogen-bond donors (Lipinski definition) is 1. The van der Waals surface area contributed by atoms with Crippen molar-refractivity contribution in [2.45, 2.75) is 26.2 Å². The second-order valence-corrected chi connectivity index (χ2v) is 4.59. The minimum Gasteiger partial charge on any atom is -0.502 e. The number of phenols is 1. The molecule has 0 fully saturated rings. The van der Waals surface area contributed by atoms with Crippen LogP contribution in [0.5, 0.6) is 5.75 Å². The average molecular weight is 240 g/mol. The van der Waals surface area contributed by atoms with E-state index in [0.717, 1.165) is 12.1 Å². The number of aromatic hydroxyl groups is 1. The fourth-order valence-electron chi connectivity index (χ4n) is 1.61. The van der Waals surface area contributed by atoms with Crippen LogP contribution in [0.15, 0.2) is 12.1 Å². The van der Waals surface area contributed by atoms with Crippen LogP contribution in [0.25, 0.3) is 0 Å². The third-order valence-corrected chi connectivity index (χ3v) is 2.28. The lowest BCUT2D eigenvalue weighted by atomic mass is 9.84.